The highest BCUT2D eigenvalue weighted by molar-refractivity contribution is 5.80. The molecule has 2 aliphatic rings. The second kappa shape index (κ2) is 5.33. The number of carbonyl (C=O) groups is 1. The molecule has 0 radical (unpaired) electrons. The highest BCUT2D eigenvalue weighted by Gasteiger charge is 2.37. The summed E-state index contributed by atoms with van der Waals surface area (Å²) in [6.07, 6.45) is 5.17. The number of hydrogen-bond donors (Lipinski definition) is 1. The number of carbonyl (C=O) groups excluding carboxylic acids is 1. The maximum absolute atomic E-state index is 12.6. The van der Waals surface area contributed by atoms with Crippen molar-refractivity contribution in [2.75, 3.05) is 0 Å². The molecule has 3 heteroatoms. The topological polar surface area (TPSA) is 46.3 Å². The first-order chi connectivity index (χ1) is 9.24. The Kier molecular flexibility index (Phi) is 3.56. The van der Waals surface area contributed by atoms with Gasteiger partial charge in [0, 0.05) is 24.5 Å². The van der Waals surface area contributed by atoms with E-state index in [-0.39, 0.29) is 12.0 Å². The second-order valence-corrected chi connectivity index (χ2v) is 5.95. The minimum atomic E-state index is 0.166. The minimum absolute atomic E-state index is 0.166. The Morgan fingerprint density at radius 2 is 1.89 bits per heavy atom. The van der Waals surface area contributed by atoms with Gasteiger partial charge in [-0.15, -0.1) is 0 Å². The largest absolute Gasteiger partial charge is 0.335 e. The van der Waals surface area contributed by atoms with Crippen LogP contribution >= 0.6 is 0 Å². The average Bonchev–Trinajstić information content (AvgIpc) is 3.18. The Bertz CT molecular complexity index is 441. The zero-order valence-electron chi connectivity index (χ0n) is 11.3. The Morgan fingerprint density at radius 1 is 1.16 bits per heavy atom. The summed E-state index contributed by atoms with van der Waals surface area (Å²) in [6.45, 7) is 0.760. The van der Waals surface area contributed by atoms with Crippen molar-refractivity contribution in [3.63, 3.8) is 0 Å². The van der Waals surface area contributed by atoms with Crippen LogP contribution in [0.3, 0.4) is 0 Å². The van der Waals surface area contributed by atoms with Gasteiger partial charge in [0.25, 0.3) is 0 Å². The van der Waals surface area contributed by atoms with Crippen molar-refractivity contribution in [2.45, 2.75) is 50.7 Å². The molecule has 2 N–H and O–H groups in total. The quantitative estimate of drug-likeness (QED) is 0.900. The van der Waals surface area contributed by atoms with Gasteiger partial charge in [-0.1, -0.05) is 30.3 Å². The molecule has 1 aromatic carbocycles. The molecule has 2 atom stereocenters. The summed E-state index contributed by atoms with van der Waals surface area (Å²) in [6, 6.07) is 11.0. The van der Waals surface area contributed by atoms with E-state index >= 15 is 0 Å². The fourth-order valence-electron chi connectivity index (χ4n) is 3.03. The van der Waals surface area contributed by atoms with Gasteiger partial charge in [-0.2, -0.15) is 0 Å². The highest BCUT2D eigenvalue weighted by atomic mass is 16.2. The van der Waals surface area contributed by atoms with Crippen molar-refractivity contribution < 1.29 is 4.79 Å². The Balaban J connectivity index is 1.69. The molecular formula is C16H22N2O. The number of nitrogens with two attached hydrogens (primary N) is 1. The fraction of sp³-hybridized carbons (Fsp3) is 0.562. The molecule has 2 fully saturated rings. The van der Waals surface area contributed by atoms with Crippen LogP contribution in [0.15, 0.2) is 30.3 Å². The van der Waals surface area contributed by atoms with Gasteiger partial charge in [0.15, 0.2) is 0 Å². The molecule has 0 saturated heterocycles. The lowest BCUT2D eigenvalue weighted by atomic mass is 10.1. The van der Waals surface area contributed by atoms with Crippen molar-refractivity contribution >= 4 is 5.91 Å². The number of amides is 1. The van der Waals surface area contributed by atoms with E-state index in [1.54, 1.807) is 0 Å². The smallest absolute Gasteiger partial charge is 0.226 e. The van der Waals surface area contributed by atoms with E-state index in [4.69, 9.17) is 5.73 Å². The van der Waals surface area contributed by atoms with Crippen LogP contribution in [-0.4, -0.2) is 22.9 Å². The highest BCUT2D eigenvalue weighted by Crippen LogP contribution is 2.33. The Labute approximate surface area is 114 Å². The van der Waals surface area contributed by atoms with Crippen LogP contribution < -0.4 is 5.73 Å². The third-order valence-corrected chi connectivity index (χ3v) is 4.29. The van der Waals surface area contributed by atoms with Crippen molar-refractivity contribution in [3.8, 4) is 0 Å². The average molecular weight is 258 g/mol. The molecule has 0 aliphatic heterocycles. The molecule has 0 heterocycles. The van der Waals surface area contributed by atoms with E-state index in [0.717, 1.165) is 38.6 Å². The van der Waals surface area contributed by atoms with Crippen molar-refractivity contribution in [2.24, 2.45) is 11.7 Å². The van der Waals surface area contributed by atoms with Crippen molar-refractivity contribution in [1.82, 2.24) is 4.90 Å². The summed E-state index contributed by atoms with van der Waals surface area (Å²) in [5, 5.41) is 0. The lowest BCUT2D eigenvalue weighted by molar-refractivity contribution is -0.136. The molecule has 2 saturated carbocycles. The predicted molar refractivity (Wildman–Crippen MR) is 75.3 cm³/mol. The number of benzene rings is 1. The molecule has 19 heavy (non-hydrogen) atoms. The van der Waals surface area contributed by atoms with Crippen LogP contribution in [0.4, 0.5) is 0 Å². The van der Waals surface area contributed by atoms with Gasteiger partial charge in [0.2, 0.25) is 5.91 Å². The maximum Gasteiger partial charge on any atom is 0.226 e. The Morgan fingerprint density at radius 3 is 2.47 bits per heavy atom. The molecule has 0 bridgehead atoms. The van der Waals surface area contributed by atoms with E-state index in [2.05, 4.69) is 17.0 Å². The lowest BCUT2D eigenvalue weighted by Crippen LogP contribution is -2.37. The molecule has 1 amide bonds. The molecule has 1 aromatic rings. The first-order valence-corrected chi connectivity index (χ1v) is 7.34. The maximum atomic E-state index is 12.6. The molecular weight excluding hydrogens is 236 g/mol. The molecule has 102 valence electrons. The van der Waals surface area contributed by atoms with Crippen molar-refractivity contribution in [3.05, 3.63) is 35.9 Å². The van der Waals surface area contributed by atoms with Crippen LogP contribution in [0, 0.1) is 5.92 Å². The van der Waals surface area contributed by atoms with Gasteiger partial charge in [0.05, 0.1) is 0 Å². The number of hydrogen-bond acceptors (Lipinski definition) is 2. The van der Waals surface area contributed by atoms with Crippen LogP contribution in [0.2, 0.25) is 0 Å². The molecule has 3 nitrogen and oxygen atoms in total. The summed E-state index contributed by atoms with van der Waals surface area (Å²) < 4.78 is 0. The normalized spacial score (nSPS) is 26.4. The third kappa shape index (κ3) is 2.98. The van der Waals surface area contributed by atoms with Gasteiger partial charge in [-0.05, 0) is 37.7 Å². The summed E-state index contributed by atoms with van der Waals surface area (Å²) in [4.78, 5) is 14.7. The van der Waals surface area contributed by atoms with Gasteiger partial charge in [-0.3, -0.25) is 4.79 Å². The van der Waals surface area contributed by atoms with E-state index in [9.17, 15) is 4.79 Å². The minimum Gasteiger partial charge on any atom is -0.335 e. The summed E-state index contributed by atoms with van der Waals surface area (Å²) in [5.74, 6) is 0.499. The number of rotatable bonds is 4. The van der Waals surface area contributed by atoms with E-state index in [1.807, 2.05) is 18.2 Å². The van der Waals surface area contributed by atoms with Gasteiger partial charge in [-0.25, -0.2) is 0 Å². The summed E-state index contributed by atoms with van der Waals surface area (Å²) >= 11 is 0. The fourth-order valence-corrected chi connectivity index (χ4v) is 3.03. The number of nitrogens with zero attached hydrogens (tertiary/aromatic N) is 1. The monoisotopic (exact) mass is 258 g/mol. The molecule has 3 rings (SSSR count). The summed E-state index contributed by atoms with van der Waals surface area (Å²) in [5.41, 5.74) is 7.16. The zero-order chi connectivity index (χ0) is 13.2. The second-order valence-electron chi connectivity index (χ2n) is 5.95. The molecule has 0 aromatic heterocycles. The standard InChI is InChI=1S/C16H22N2O/c17-14-7-6-13(10-14)16(19)18(15-8-9-15)11-12-4-2-1-3-5-12/h1-5,13-15H,6-11,17H2. The summed E-state index contributed by atoms with van der Waals surface area (Å²) in [7, 11) is 0. The lowest BCUT2D eigenvalue weighted by Gasteiger charge is -2.25. The molecule has 2 unspecified atom stereocenters. The molecule has 0 spiro atoms. The SMILES string of the molecule is NC1CCC(C(=O)N(Cc2ccccc2)C2CC2)C1. The van der Waals surface area contributed by atoms with Gasteiger partial charge < -0.3 is 10.6 Å². The van der Waals surface area contributed by atoms with E-state index < -0.39 is 0 Å². The third-order valence-electron chi connectivity index (χ3n) is 4.29. The van der Waals surface area contributed by atoms with Crippen LogP contribution in [0.25, 0.3) is 0 Å². The van der Waals surface area contributed by atoms with Crippen molar-refractivity contribution in [1.29, 1.82) is 0 Å². The van der Waals surface area contributed by atoms with Crippen LogP contribution in [0.5, 0.6) is 0 Å². The van der Waals surface area contributed by atoms with Crippen LogP contribution in [-0.2, 0) is 11.3 Å². The Hall–Kier alpha value is -1.35. The predicted octanol–water partition coefficient (Wildman–Crippen LogP) is 2.30. The first kappa shape index (κ1) is 12.7. The molecule has 2 aliphatic carbocycles. The van der Waals surface area contributed by atoms with Gasteiger partial charge in [0.1, 0.15) is 0 Å². The van der Waals surface area contributed by atoms with E-state index in [0.29, 0.717) is 11.9 Å². The van der Waals surface area contributed by atoms with Gasteiger partial charge >= 0.3 is 0 Å². The zero-order valence-corrected chi connectivity index (χ0v) is 11.3. The van der Waals surface area contributed by atoms with E-state index in [1.165, 1.54) is 5.56 Å². The first-order valence-electron chi connectivity index (χ1n) is 7.34. The van der Waals surface area contributed by atoms with Crippen LogP contribution in [0.1, 0.15) is 37.7 Å².